The van der Waals surface area contributed by atoms with Gasteiger partial charge in [-0.25, -0.2) is 4.79 Å². The normalized spacial score (nSPS) is 47.1. The Morgan fingerprint density at radius 2 is 2.11 bits per heavy atom. The van der Waals surface area contributed by atoms with Gasteiger partial charge in [-0.3, -0.25) is 0 Å². The number of carboxylic acid groups (broad SMARTS) is 1. The summed E-state index contributed by atoms with van der Waals surface area (Å²) in [7, 11) is 0. The molecule has 0 aromatic carbocycles. The molecule has 2 aliphatic carbocycles. The number of aliphatic carboxylic acids is 1. The van der Waals surface area contributed by atoms with Crippen molar-refractivity contribution < 1.29 is 14.6 Å². The van der Waals surface area contributed by atoms with Gasteiger partial charge in [-0.2, -0.15) is 0 Å². The predicted molar refractivity (Wildman–Crippen MR) is 68.2 cm³/mol. The van der Waals surface area contributed by atoms with Crippen molar-refractivity contribution in [3.63, 3.8) is 0 Å². The Bertz CT molecular complexity index is 401. The second-order valence-corrected chi connectivity index (χ2v) is 6.38. The monoisotopic (exact) mass is 250 g/mol. The predicted octanol–water partition coefficient (Wildman–Crippen LogP) is 2.86. The highest BCUT2D eigenvalue weighted by Crippen LogP contribution is 2.57. The van der Waals surface area contributed by atoms with E-state index in [9.17, 15) is 9.90 Å². The molecule has 5 atom stereocenters. The molecular formula is C15H22O3. The van der Waals surface area contributed by atoms with E-state index in [2.05, 4.69) is 13.8 Å². The molecule has 0 bridgehead atoms. The van der Waals surface area contributed by atoms with Crippen LogP contribution < -0.4 is 0 Å². The molecule has 1 aliphatic heterocycles. The maximum Gasteiger partial charge on any atom is 0.334 e. The van der Waals surface area contributed by atoms with E-state index in [0.29, 0.717) is 35.9 Å². The van der Waals surface area contributed by atoms with Gasteiger partial charge in [0.05, 0.1) is 12.2 Å². The van der Waals surface area contributed by atoms with Crippen LogP contribution in [0.2, 0.25) is 0 Å². The van der Waals surface area contributed by atoms with E-state index in [1.165, 1.54) is 12.8 Å². The molecule has 2 fully saturated rings. The minimum Gasteiger partial charge on any atom is -0.478 e. The summed E-state index contributed by atoms with van der Waals surface area (Å²) < 4.78 is 6.01. The fraction of sp³-hybridized carbons (Fsp3) is 0.800. The first-order chi connectivity index (χ1) is 8.56. The number of rotatable bonds is 1. The van der Waals surface area contributed by atoms with Crippen LogP contribution in [0.5, 0.6) is 0 Å². The second-order valence-electron chi connectivity index (χ2n) is 6.38. The number of carbonyl (C=O) groups is 1. The van der Waals surface area contributed by atoms with Crippen LogP contribution >= 0.6 is 0 Å². The first-order valence-corrected chi connectivity index (χ1v) is 7.14. The van der Waals surface area contributed by atoms with Crippen molar-refractivity contribution in [3.8, 4) is 0 Å². The van der Waals surface area contributed by atoms with Crippen LogP contribution in [0.25, 0.3) is 0 Å². The minimum absolute atomic E-state index is 0.408. The lowest BCUT2D eigenvalue weighted by atomic mass is 9.62. The minimum atomic E-state index is -0.778. The topological polar surface area (TPSA) is 46.5 Å². The van der Waals surface area contributed by atoms with Crippen molar-refractivity contribution in [2.45, 2.75) is 45.1 Å². The molecule has 1 heterocycles. The SMILES string of the molecule is C[C@@H]1CC[C@]2(OCC=C2C(=O)O)[C@H]2[C@H]1CC[C@@H]2C. The molecule has 2 saturated carbocycles. The number of ether oxygens (including phenoxy) is 1. The summed E-state index contributed by atoms with van der Waals surface area (Å²) in [6.45, 7) is 5.07. The van der Waals surface area contributed by atoms with Crippen molar-refractivity contribution in [2.75, 3.05) is 6.61 Å². The molecule has 3 nitrogen and oxygen atoms in total. The summed E-state index contributed by atoms with van der Waals surface area (Å²) in [6, 6.07) is 0. The molecule has 0 radical (unpaired) electrons. The van der Waals surface area contributed by atoms with E-state index in [1.54, 1.807) is 6.08 Å². The average Bonchev–Trinajstić information content (AvgIpc) is 2.90. The van der Waals surface area contributed by atoms with Crippen molar-refractivity contribution in [3.05, 3.63) is 11.6 Å². The Kier molecular flexibility index (Phi) is 2.77. The summed E-state index contributed by atoms with van der Waals surface area (Å²) in [6.07, 6.45) is 6.24. The van der Waals surface area contributed by atoms with Gasteiger partial charge in [0.15, 0.2) is 0 Å². The van der Waals surface area contributed by atoms with Gasteiger partial charge >= 0.3 is 5.97 Å². The number of hydrogen-bond donors (Lipinski definition) is 1. The molecule has 0 aromatic heterocycles. The lowest BCUT2D eigenvalue weighted by Crippen LogP contribution is -2.50. The summed E-state index contributed by atoms with van der Waals surface area (Å²) in [4.78, 5) is 11.5. The molecule has 3 rings (SSSR count). The van der Waals surface area contributed by atoms with Gasteiger partial charge < -0.3 is 9.84 Å². The zero-order valence-corrected chi connectivity index (χ0v) is 11.2. The second kappa shape index (κ2) is 4.09. The van der Waals surface area contributed by atoms with E-state index in [4.69, 9.17) is 4.74 Å². The Labute approximate surface area is 108 Å². The van der Waals surface area contributed by atoms with Crippen LogP contribution in [0.1, 0.15) is 39.5 Å². The van der Waals surface area contributed by atoms with Crippen molar-refractivity contribution in [1.82, 2.24) is 0 Å². The summed E-state index contributed by atoms with van der Waals surface area (Å²) in [5, 5.41) is 9.45. The molecular weight excluding hydrogens is 228 g/mol. The highest BCUT2D eigenvalue weighted by molar-refractivity contribution is 5.89. The van der Waals surface area contributed by atoms with Gasteiger partial charge in [0.25, 0.3) is 0 Å². The molecule has 0 saturated heterocycles. The van der Waals surface area contributed by atoms with Gasteiger partial charge in [0.2, 0.25) is 0 Å². The van der Waals surface area contributed by atoms with Crippen LogP contribution in [-0.2, 0) is 9.53 Å². The molecule has 3 heteroatoms. The van der Waals surface area contributed by atoms with E-state index in [0.717, 1.165) is 12.8 Å². The van der Waals surface area contributed by atoms with Crippen molar-refractivity contribution >= 4 is 5.97 Å². The van der Waals surface area contributed by atoms with Gasteiger partial charge in [-0.05, 0) is 49.0 Å². The fourth-order valence-corrected chi connectivity index (χ4v) is 4.78. The van der Waals surface area contributed by atoms with Crippen LogP contribution in [-0.4, -0.2) is 23.3 Å². The third-order valence-corrected chi connectivity index (χ3v) is 5.58. The van der Waals surface area contributed by atoms with Crippen LogP contribution in [0.15, 0.2) is 11.6 Å². The molecule has 1 N–H and O–H groups in total. The first-order valence-electron chi connectivity index (χ1n) is 7.14. The zero-order valence-electron chi connectivity index (χ0n) is 11.2. The Hall–Kier alpha value is -0.830. The highest BCUT2D eigenvalue weighted by atomic mass is 16.5. The smallest absolute Gasteiger partial charge is 0.334 e. The van der Waals surface area contributed by atoms with Crippen LogP contribution in [0.4, 0.5) is 0 Å². The van der Waals surface area contributed by atoms with Crippen LogP contribution in [0, 0.1) is 23.7 Å². The maximum absolute atomic E-state index is 11.5. The molecule has 1 spiro atoms. The standard InChI is InChI=1S/C15H22O3/c1-9-5-7-15(12(14(16)17)6-8-18-15)13-10(2)3-4-11(9)13/h6,9-11,13H,3-5,7-8H2,1-2H3,(H,16,17)/t9-,10+,11+,13-,15-/m1/s1. The van der Waals surface area contributed by atoms with E-state index in [-0.39, 0.29) is 0 Å². The Morgan fingerprint density at radius 3 is 2.83 bits per heavy atom. The first kappa shape index (κ1) is 12.2. The molecule has 3 aliphatic rings. The highest BCUT2D eigenvalue weighted by Gasteiger charge is 2.58. The Balaban J connectivity index is 2.01. The number of carboxylic acids is 1. The lowest BCUT2D eigenvalue weighted by molar-refractivity contribution is -0.141. The van der Waals surface area contributed by atoms with E-state index in [1.807, 2.05) is 0 Å². The average molecular weight is 250 g/mol. The third kappa shape index (κ3) is 1.49. The van der Waals surface area contributed by atoms with Crippen LogP contribution in [0.3, 0.4) is 0 Å². The van der Waals surface area contributed by atoms with Gasteiger partial charge in [0, 0.05) is 0 Å². The number of hydrogen-bond acceptors (Lipinski definition) is 2. The maximum atomic E-state index is 11.5. The summed E-state index contributed by atoms with van der Waals surface area (Å²) in [5.74, 6) is 1.57. The Morgan fingerprint density at radius 1 is 1.33 bits per heavy atom. The quantitative estimate of drug-likeness (QED) is 0.778. The molecule has 18 heavy (non-hydrogen) atoms. The third-order valence-electron chi connectivity index (χ3n) is 5.58. The van der Waals surface area contributed by atoms with E-state index < -0.39 is 11.6 Å². The molecule has 100 valence electrons. The van der Waals surface area contributed by atoms with Gasteiger partial charge in [-0.1, -0.05) is 20.3 Å². The van der Waals surface area contributed by atoms with Gasteiger partial charge in [-0.15, -0.1) is 0 Å². The summed E-state index contributed by atoms with van der Waals surface area (Å²) in [5.41, 5.74) is 0.0667. The fourth-order valence-electron chi connectivity index (χ4n) is 4.78. The number of fused-ring (bicyclic) bond motifs is 2. The molecule has 0 aromatic rings. The zero-order chi connectivity index (χ0) is 12.9. The lowest BCUT2D eigenvalue weighted by Gasteiger charge is -2.47. The van der Waals surface area contributed by atoms with E-state index >= 15 is 0 Å². The summed E-state index contributed by atoms with van der Waals surface area (Å²) >= 11 is 0. The molecule has 0 amide bonds. The largest absolute Gasteiger partial charge is 0.478 e. The van der Waals surface area contributed by atoms with Crippen molar-refractivity contribution in [2.24, 2.45) is 23.7 Å². The van der Waals surface area contributed by atoms with Gasteiger partial charge in [0.1, 0.15) is 5.60 Å². The molecule has 0 unspecified atom stereocenters. The van der Waals surface area contributed by atoms with Crippen molar-refractivity contribution in [1.29, 1.82) is 0 Å².